The van der Waals surface area contributed by atoms with Gasteiger partial charge in [0.25, 0.3) is 0 Å². The average molecular weight is 1470 g/mol. The highest BCUT2D eigenvalue weighted by atomic mass is 31.2. The van der Waals surface area contributed by atoms with Crippen molar-refractivity contribution >= 4 is 39.5 Å². The number of carbonyl (C=O) groups excluding carboxylic acids is 4. The highest BCUT2D eigenvalue weighted by molar-refractivity contribution is 7.47. The molecule has 0 aromatic rings. The molecule has 0 aromatic heterocycles. The molecule has 19 heteroatoms. The van der Waals surface area contributed by atoms with Gasteiger partial charge in [-0.1, -0.05) is 375 Å². The third-order valence-corrected chi connectivity index (χ3v) is 20.9. The molecule has 0 saturated carbocycles. The van der Waals surface area contributed by atoms with Crippen LogP contribution in [0.2, 0.25) is 0 Å². The van der Waals surface area contributed by atoms with Gasteiger partial charge < -0.3 is 33.8 Å². The molecule has 0 aliphatic carbocycles. The maximum atomic E-state index is 13.1. The van der Waals surface area contributed by atoms with Gasteiger partial charge >= 0.3 is 39.5 Å². The Bertz CT molecular complexity index is 1920. The molecule has 0 amide bonds. The number of hydrogen-bond acceptors (Lipinski definition) is 15. The SMILES string of the molecule is CCCCCCCCCCCC(=O)OC[C@H](COP(=O)(O)OC[C@H](O)COP(=O)(O)OC[C@@H](COC(=O)CCCCCCCCCCCCCCCCCCCCC(C)C)OC(=O)CCCCCCCCCCCCCCCCCCCCC(C)C)OC(=O)CCCCCCCCCCC. The monoisotopic (exact) mass is 1470 g/mol. The van der Waals surface area contributed by atoms with E-state index < -0.39 is 97.5 Å². The van der Waals surface area contributed by atoms with Crippen LogP contribution in [-0.2, 0) is 65.4 Å². The molecule has 0 aromatic carbocycles. The first-order valence-electron chi connectivity index (χ1n) is 42.0. The Morgan fingerprint density at radius 3 is 0.680 bits per heavy atom. The fraction of sp³-hybridized carbons (Fsp3) is 0.951. The van der Waals surface area contributed by atoms with Gasteiger partial charge in [-0.15, -0.1) is 0 Å². The van der Waals surface area contributed by atoms with E-state index in [1.165, 1.54) is 244 Å². The third-order valence-electron chi connectivity index (χ3n) is 19.0. The Morgan fingerprint density at radius 2 is 0.460 bits per heavy atom. The first-order valence-corrected chi connectivity index (χ1v) is 45.0. The number of ether oxygens (including phenoxy) is 4. The third kappa shape index (κ3) is 74.3. The second kappa shape index (κ2) is 72.6. The van der Waals surface area contributed by atoms with Crippen LogP contribution < -0.4 is 0 Å². The van der Waals surface area contributed by atoms with Gasteiger partial charge in [-0.2, -0.15) is 0 Å². The van der Waals surface area contributed by atoms with Crippen LogP contribution >= 0.6 is 15.6 Å². The molecule has 5 atom stereocenters. The standard InChI is InChI=1S/C81H158O17P2/c1-7-9-11-13-15-37-45-51-57-63-78(83)91-69-76(97-80(85)65-59-53-47-38-16-14-12-10-8-2)71-95-99(87,88)93-67-75(82)68-94-100(89,90)96-72-77(98-81(86)66-60-54-48-42-36-32-28-24-20-18-22-26-30-34-40-44-50-56-62-74(5)6)70-92-79(84)64-58-52-46-41-35-31-27-23-19-17-21-25-29-33-39-43-49-55-61-73(3)4/h73-77,82H,7-72H2,1-6H3,(H,87,88)(H,89,90)/t75-,76+,77+/m0/s1. The van der Waals surface area contributed by atoms with Crippen molar-refractivity contribution < 1.29 is 80.2 Å². The number of hydrogen-bond donors (Lipinski definition) is 3. The molecule has 0 aliphatic rings. The number of unbranched alkanes of at least 4 members (excludes halogenated alkanes) is 50. The molecule has 0 saturated heterocycles. The molecule has 594 valence electrons. The van der Waals surface area contributed by atoms with Gasteiger partial charge in [0.15, 0.2) is 12.2 Å². The maximum absolute atomic E-state index is 13.1. The van der Waals surface area contributed by atoms with Crippen LogP contribution in [0.3, 0.4) is 0 Å². The molecular formula is C81H158O17P2. The van der Waals surface area contributed by atoms with Gasteiger partial charge in [0.2, 0.25) is 0 Å². The second-order valence-electron chi connectivity index (χ2n) is 30.1. The van der Waals surface area contributed by atoms with Crippen LogP contribution in [0.4, 0.5) is 0 Å². The summed E-state index contributed by atoms with van der Waals surface area (Å²) in [5.74, 6) is -0.469. The minimum Gasteiger partial charge on any atom is -0.462 e. The van der Waals surface area contributed by atoms with Crippen molar-refractivity contribution in [3.05, 3.63) is 0 Å². The van der Waals surface area contributed by atoms with Crippen LogP contribution in [0.5, 0.6) is 0 Å². The van der Waals surface area contributed by atoms with Gasteiger partial charge in [0, 0.05) is 25.7 Å². The Kier molecular flexibility index (Phi) is 71.2. The van der Waals surface area contributed by atoms with E-state index >= 15 is 0 Å². The molecule has 0 aliphatic heterocycles. The largest absolute Gasteiger partial charge is 0.472 e. The van der Waals surface area contributed by atoms with Crippen molar-refractivity contribution in [2.24, 2.45) is 11.8 Å². The summed E-state index contributed by atoms with van der Waals surface area (Å²) in [5, 5.41) is 10.6. The van der Waals surface area contributed by atoms with Crippen LogP contribution in [0.15, 0.2) is 0 Å². The van der Waals surface area contributed by atoms with E-state index in [1.54, 1.807) is 0 Å². The van der Waals surface area contributed by atoms with Gasteiger partial charge in [-0.05, 0) is 37.5 Å². The lowest BCUT2D eigenvalue weighted by molar-refractivity contribution is -0.161. The van der Waals surface area contributed by atoms with Crippen molar-refractivity contribution in [1.82, 2.24) is 0 Å². The highest BCUT2D eigenvalue weighted by Crippen LogP contribution is 2.45. The molecule has 2 unspecified atom stereocenters. The molecular weight excluding hydrogens is 1310 g/mol. The van der Waals surface area contributed by atoms with E-state index in [-0.39, 0.29) is 25.7 Å². The Morgan fingerprint density at radius 1 is 0.270 bits per heavy atom. The summed E-state index contributed by atoms with van der Waals surface area (Å²) in [6.07, 6.45) is 62.7. The molecule has 0 heterocycles. The van der Waals surface area contributed by atoms with Gasteiger partial charge in [-0.3, -0.25) is 37.3 Å². The summed E-state index contributed by atoms with van der Waals surface area (Å²) in [4.78, 5) is 72.8. The second-order valence-corrected chi connectivity index (χ2v) is 33.0. The first kappa shape index (κ1) is 98.1. The zero-order valence-corrected chi connectivity index (χ0v) is 67.3. The molecule has 100 heavy (non-hydrogen) atoms. The Balaban J connectivity index is 5.15. The molecule has 0 radical (unpaired) electrons. The number of aliphatic hydroxyl groups excluding tert-OH is 1. The van der Waals surface area contributed by atoms with Crippen LogP contribution in [0, 0.1) is 11.8 Å². The lowest BCUT2D eigenvalue weighted by Gasteiger charge is -2.21. The predicted octanol–water partition coefficient (Wildman–Crippen LogP) is 24.3. The minimum absolute atomic E-state index is 0.106. The van der Waals surface area contributed by atoms with E-state index in [2.05, 4.69) is 41.5 Å². The zero-order valence-electron chi connectivity index (χ0n) is 65.5. The first-order chi connectivity index (χ1) is 48.4. The van der Waals surface area contributed by atoms with Crippen molar-refractivity contribution in [3.63, 3.8) is 0 Å². The van der Waals surface area contributed by atoms with E-state index in [1.807, 2.05) is 0 Å². The van der Waals surface area contributed by atoms with Crippen molar-refractivity contribution in [3.8, 4) is 0 Å². The summed E-state index contributed by atoms with van der Waals surface area (Å²) in [6.45, 7) is 9.67. The molecule has 0 bridgehead atoms. The summed E-state index contributed by atoms with van der Waals surface area (Å²) in [5.41, 5.74) is 0. The van der Waals surface area contributed by atoms with Crippen molar-refractivity contribution in [2.75, 3.05) is 39.6 Å². The fourth-order valence-electron chi connectivity index (χ4n) is 12.5. The van der Waals surface area contributed by atoms with E-state index in [0.29, 0.717) is 25.7 Å². The molecule has 17 nitrogen and oxygen atoms in total. The van der Waals surface area contributed by atoms with Gasteiger partial charge in [0.05, 0.1) is 26.4 Å². The van der Waals surface area contributed by atoms with E-state index in [4.69, 9.17) is 37.0 Å². The van der Waals surface area contributed by atoms with E-state index in [9.17, 15) is 43.2 Å². The number of phosphoric acid groups is 2. The topological polar surface area (TPSA) is 237 Å². The molecule has 0 fully saturated rings. The quantitative estimate of drug-likeness (QED) is 0.0222. The number of esters is 4. The number of carbonyl (C=O) groups is 4. The van der Waals surface area contributed by atoms with Gasteiger partial charge in [-0.25, -0.2) is 9.13 Å². The van der Waals surface area contributed by atoms with E-state index in [0.717, 1.165) is 102 Å². The lowest BCUT2D eigenvalue weighted by Crippen LogP contribution is -2.30. The number of aliphatic hydroxyl groups is 1. The Hall–Kier alpha value is -1.94. The average Bonchev–Trinajstić information content (AvgIpc) is 0.985. The smallest absolute Gasteiger partial charge is 0.462 e. The normalized spacial score (nSPS) is 13.9. The van der Waals surface area contributed by atoms with Crippen LogP contribution in [0.25, 0.3) is 0 Å². The summed E-state index contributed by atoms with van der Waals surface area (Å²) < 4.78 is 68.5. The molecule has 3 N–H and O–H groups in total. The van der Waals surface area contributed by atoms with Crippen LogP contribution in [-0.4, -0.2) is 96.7 Å². The number of rotatable bonds is 80. The van der Waals surface area contributed by atoms with Crippen LogP contribution in [0.1, 0.15) is 427 Å². The lowest BCUT2D eigenvalue weighted by atomic mass is 10.0. The van der Waals surface area contributed by atoms with Crippen molar-refractivity contribution in [1.29, 1.82) is 0 Å². The summed E-state index contributed by atoms with van der Waals surface area (Å²) >= 11 is 0. The van der Waals surface area contributed by atoms with Crippen molar-refractivity contribution in [2.45, 2.75) is 445 Å². The van der Waals surface area contributed by atoms with Gasteiger partial charge in [0.1, 0.15) is 19.3 Å². The predicted molar refractivity (Wildman–Crippen MR) is 409 cm³/mol. The maximum Gasteiger partial charge on any atom is 0.472 e. The summed E-state index contributed by atoms with van der Waals surface area (Å²) in [6, 6.07) is 0. The number of phosphoric ester groups is 2. The molecule has 0 rings (SSSR count). The zero-order chi connectivity index (χ0) is 73.5. The fourth-order valence-corrected chi connectivity index (χ4v) is 14.1. The summed E-state index contributed by atoms with van der Waals surface area (Å²) in [7, 11) is -9.91. The Labute approximate surface area is 613 Å². The molecule has 0 spiro atoms. The highest BCUT2D eigenvalue weighted by Gasteiger charge is 2.30. The minimum atomic E-state index is -4.96.